The number of benzene rings is 2. The number of carbonyl (C=O) groups is 2. The maximum Gasteiger partial charge on any atom is 0.387 e. The summed E-state index contributed by atoms with van der Waals surface area (Å²) in [4.78, 5) is 24.7. The Labute approximate surface area is 137 Å². The zero-order chi connectivity index (χ0) is 17.7. The summed E-state index contributed by atoms with van der Waals surface area (Å²) in [6, 6.07) is 9.75. The van der Waals surface area contributed by atoms with Gasteiger partial charge in [-0.2, -0.15) is 8.78 Å². The molecule has 2 rings (SSSR count). The smallest absolute Gasteiger partial charge is 0.387 e. The van der Waals surface area contributed by atoms with E-state index in [9.17, 15) is 18.4 Å². The standard InChI is InChI=1S/C17H17F2NO4/c1-2-7-20(10-15(21)22)16(23)13-8-11-5-3-4-6-12(11)9-14(13)24-17(18)19/h3-6,8-9,17H,2,7,10H2,1H3,(H,21,22). The third-order valence-corrected chi connectivity index (χ3v) is 3.40. The summed E-state index contributed by atoms with van der Waals surface area (Å²) in [5.74, 6) is -2.09. The average Bonchev–Trinajstić information content (AvgIpc) is 2.52. The highest BCUT2D eigenvalue weighted by molar-refractivity contribution is 6.02. The average molecular weight is 337 g/mol. The molecule has 0 aromatic heterocycles. The molecule has 128 valence electrons. The van der Waals surface area contributed by atoms with Crippen molar-refractivity contribution in [1.82, 2.24) is 4.90 Å². The summed E-state index contributed by atoms with van der Waals surface area (Å²) in [5.41, 5.74) is -0.0799. The van der Waals surface area contributed by atoms with Gasteiger partial charge in [-0.1, -0.05) is 31.2 Å². The van der Waals surface area contributed by atoms with Gasteiger partial charge >= 0.3 is 12.6 Å². The lowest BCUT2D eigenvalue weighted by atomic mass is 10.0. The van der Waals surface area contributed by atoms with Crippen molar-refractivity contribution in [3.63, 3.8) is 0 Å². The SMILES string of the molecule is CCCN(CC(=O)O)C(=O)c1cc2ccccc2cc1OC(F)F. The lowest BCUT2D eigenvalue weighted by Gasteiger charge is -2.21. The lowest BCUT2D eigenvalue weighted by molar-refractivity contribution is -0.137. The van der Waals surface area contributed by atoms with Crippen molar-refractivity contribution in [1.29, 1.82) is 0 Å². The van der Waals surface area contributed by atoms with Crippen LogP contribution in [0.3, 0.4) is 0 Å². The monoisotopic (exact) mass is 337 g/mol. The molecule has 7 heteroatoms. The number of fused-ring (bicyclic) bond motifs is 1. The highest BCUT2D eigenvalue weighted by Gasteiger charge is 2.23. The Kier molecular flexibility index (Phi) is 5.68. The van der Waals surface area contributed by atoms with Crippen LogP contribution in [0.15, 0.2) is 36.4 Å². The van der Waals surface area contributed by atoms with Crippen molar-refractivity contribution < 1.29 is 28.2 Å². The molecule has 0 bridgehead atoms. The minimum Gasteiger partial charge on any atom is -0.480 e. The van der Waals surface area contributed by atoms with Crippen LogP contribution in [0.5, 0.6) is 5.75 Å². The molecule has 2 aromatic carbocycles. The zero-order valence-corrected chi connectivity index (χ0v) is 13.0. The second kappa shape index (κ2) is 7.72. The van der Waals surface area contributed by atoms with Gasteiger partial charge in [0.2, 0.25) is 0 Å². The fourth-order valence-electron chi connectivity index (χ4n) is 2.44. The summed E-state index contributed by atoms with van der Waals surface area (Å²) in [6.45, 7) is -1.60. The summed E-state index contributed by atoms with van der Waals surface area (Å²) < 4.78 is 29.8. The minimum atomic E-state index is -3.09. The number of halogens is 2. The molecular formula is C17H17F2NO4. The summed E-state index contributed by atoms with van der Waals surface area (Å²) in [5, 5.41) is 10.3. The molecule has 0 atom stereocenters. The number of ether oxygens (including phenoxy) is 1. The number of nitrogens with zero attached hydrogens (tertiary/aromatic N) is 1. The molecule has 0 saturated carbocycles. The van der Waals surface area contributed by atoms with Gasteiger partial charge in [0.05, 0.1) is 5.56 Å². The van der Waals surface area contributed by atoms with E-state index < -0.39 is 25.0 Å². The summed E-state index contributed by atoms with van der Waals surface area (Å²) in [7, 11) is 0. The van der Waals surface area contributed by atoms with Crippen molar-refractivity contribution >= 4 is 22.6 Å². The maximum absolute atomic E-state index is 12.7. The van der Waals surface area contributed by atoms with Gasteiger partial charge in [-0.05, 0) is 29.3 Å². The summed E-state index contributed by atoms with van der Waals surface area (Å²) >= 11 is 0. The number of carbonyl (C=O) groups excluding carboxylic acids is 1. The quantitative estimate of drug-likeness (QED) is 0.841. The van der Waals surface area contributed by atoms with Gasteiger partial charge in [-0.15, -0.1) is 0 Å². The number of amides is 1. The van der Waals surface area contributed by atoms with Crippen molar-refractivity contribution in [3.8, 4) is 5.75 Å². The fraction of sp³-hybridized carbons (Fsp3) is 0.294. The van der Waals surface area contributed by atoms with E-state index in [1.807, 2.05) is 0 Å². The molecule has 0 unspecified atom stereocenters. The summed E-state index contributed by atoms with van der Waals surface area (Å²) in [6.07, 6.45) is 0.539. The highest BCUT2D eigenvalue weighted by atomic mass is 19.3. The van der Waals surface area contributed by atoms with Crippen LogP contribution in [-0.2, 0) is 4.79 Å². The fourth-order valence-corrected chi connectivity index (χ4v) is 2.44. The van der Waals surface area contributed by atoms with Gasteiger partial charge in [0, 0.05) is 6.54 Å². The molecule has 0 spiro atoms. The van der Waals surface area contributed by atoms with E-state index in [-0.39, 0.29) is 17.9 Å². The number of hydrogen-bond acceptors (Lipinski definition) is 3. The molecule has 1 N–H and O–H groups in total. The molecule has 0 radical (unpaired) electrons. The van der Waals surface area contributed by atoms with Crippen LogP contribution in [0.2, 0.25) is 0 Å². The van der Waals surface area contributed by atoms with E-state index in [0.29, 0.717) is 17.2 Å². The molecule has 0 aliphatic carbocycles. The van der Waals surface area contributed by atoms with Gasteiger partial charge in [-0.25, -0.2) is 0 Å². The van der Waals surface area contributed by atoms with Gasteiger partial charge < -0.3 is 14.7 Å². The van der Waals surface area contributed by atoms with Crippen molar-refractivity contribution in [2.45, 2.75) is 20.0 Å². The van der Waals surface area contributed by atoms with E-state index in [2.05, 4.69) is 4.74 Å². The van der Waals surface area contributed by atoms with Gasteiger partial charge in [-0.3, -0.25) is 9.59 Å². The number of hydrogen-bond donors (Lipinski definition) is 1. The molecule has 0 aliphatic rings. The Hall–Kier alpha value is -2.70. The van der Waals surface area contributed by atoms with Crippen LogP contribution in [-0.4, -0.2) is 41.6 Å². The molecule has 0 heterocycles. The number of rotatable bonds is 7. The highest BCUT2D eigenvalue weighted by Crippen LogP contribution is 2.28. The number of aliphatic carboxylic acids is 1. The van der Waals surface area contributed by atoms with Crippen LogP contribution < -0.4 is 4.74 Å². The largest absolute Gasteiger partial charge is 0.480 e. The Bertz CT molecular complexity index is 748. The van der Waals surface area contributed by atoms with Crippen molar-refractivity contribution in [3.05, 3.63) is 42.0 Å². The minimum absolute atomic E-state index is 0.0799. The number of carboxylic acid groups (broad SMARTS) is 1. The molecule has 24 heavy (non-hydrogen) atoms. The van der Waals surface area contributed by atoms with Gasteiger partial charge in [0.15, 0.2) is 0 Å². The van der Waals surface area contributed by atoms with Crippen LogP contribution in [0.4, 0.5) is 8.78 Å². The third-order valence-electron chi connectivity index (χ3n) is 3.40. The van der Waals surface area contributed by atoms with E-state index in [1.54, 1.807) is 31.2 Å². The van der Waals surface area contributed by atoms with Crippen molar-refractivity contribution in [2.75, 3.05) is 13.1 Å². The van der Waals surface area contributed by atoms with Crippen LogP contribution >= 0.6 is 0 Å². The van der Waals surface area contributed by atoms with Crippen molar-refractivity contribution in [2.24, 2.45) is 0 Å². The first kappa shape index (κ1) is 17.7. The molecule has 0 saturated heterocycles. The van der Waals surface area contributed by atoms with Gasteiger partial charge in [0.25, 0.3) is 5.91 Å². The maximum atomic E-state index is 12.7. The molecule has 1 amide bonds. The molecule has 0 aliphatic heterocycles. The van der Waals surface area contributed by atoms with Crippen LogP contribution in [0.25, 0.3) is 10.8 Å². The topological polar surface area (TPSA) is 66.8 Å². The van der Waals surface area contributed by atoms with Crippen LogP contribution in [0, 0.1) is 0 Å². The first-order valence-electron chi connectivity index (χ1n) is 7.41. The van der Waals surface area contributed by atoms with E-state index in [4.69, 9.17) is 5.11 Å². The normalized spacial score (nSPS) is 10.8. The zero-order valence-electron chi connectivity index (χ0n) is 13.0. The second-order valence-electron chi connectivity index (χ2n) is 5.19. The second-order valence-corrected chi connectivity index (χ2v) is 5.19. The first-order valence-corrected chi connectivity index (χ1v) is 7.41. The number of carboxylic acids is 1. The van der Waals surface area contributed by atoms with E-state index >= 15 is 0 Å². The van der Waals surface area contributed by atoms with Crippen LogP contribution in [0.1, 0.15) is 23.7 Å². The Morgan fingerprint density at radius 1 is 1.21 bits per heavy atom. The van der Waals surface area contributed by atoms with E-state index in [0.717, 1.165) is 4.90 Å². The first-order chi connectivity index (χ1) is 11.4. The Morgan fingerprint density at radius 3 is 2.38 bits per heavy atom. The molecule has 5 nitrogen and oxygen atoms in total. The molecule has 0 fully saturated rings. The molecule has 2 aromatic rings. The third kappa shape index (κ3) is 4.18. The lowest BCUT2D eigenvalue weighted by Crippen LogP contribution is -2.36. The number of alkyl halides is 2. The van der Waals surface area contributed by atoms with E-state index in [1.165, 1.54) is 12.1 Å². The molecular weight excluding hydrogens is 320 g/mol. The Morgan fingerprint density at radius 2 is 1.83 bits per heavy atom. The predicted octanol–water partition coefficient (Wildman–Crippen LogP) is 3.38. The predicted molar refractivity (Wildman–Crippen MR) is 84.4 cm³/mol. The Balaban J connectivity index is 2.49. The van der Waals surface area contributed by atoms with Gasteiger partial charge in [0.1, 0.15) is 12.3 Å².